The molecule has 4 heteroatoms. The van der Waals surface area contributed by atoms with Gasteiger partial charge in [0.1, 0.15) is 0 Å². The van der Waals surface area contributed by atoms with Crippen LogP contribution in [0.3, 0.4) is 0 Å². The van der Waals surface area contributed by atoms with E-state index in [0.29, 0.717) is 6.04 Å². The van der Waals surface area contributed by atoms with E-state index >= 15 is 0 Å². The molecular weight excluding hydrogens is 218 g/mol. The maximum atomic E-state index is 3.47. The highest BCUT2D eigenvalue weighted by Gasteiger charge is 2.07. The molecule has 0 bridgehead atoms. The van der Waals surface area contributed by atoms with Crippen molar-refractivity contribution < 1.29 is 0 Å². The van der Waals surface area contributed by atoms with Gasteiger partial charge in [0.25, 0.3) is 0 Å². The van der Waals surface area contributed by atoms with Crippen molar-refractivity contribution in [1.29, 1.82) is 0 Å². The van der Waals surface area contributed by atoms with Crippen LogP contribution < -0.4 is 5.32 Å². The number of rotatable bonds is 10. The van der Waals surface area contributed by atoms with Crippen molar-refractivity contribution in [2.45, 2.75) is 19.4 Å². The van der Waals surface area contributed by atoms with Gasteiger partial charge in [-0.05, 0) is 46.5 Å². The summed E-state index contributed by atoms with van der Waals surface area (Å²) >= 11 is 1.93. The van der Waals surface area contributed by atoms with Gasteiger partial charge < -0.3 is 15.1 Å². The molecule has 0 spiro atoms. The maximum absolute atomic E-state index is 3.47. The third-order valence-electron chi connectivity index (χ3n) is 2.87. The van der Waals surface area contributed by atoms with Gasteiger partial charge in [-0.25, -0.2) is 0 Å². The largest absolute Gasteiger partial charge is 0.314 e. The lowest BCUT2D eigenvalue weighted by atomic mass is 10.2. The molecule has 0 saturated carbocycles. The van der Waals surface area contributed by atoms with Crippen molar-refractivity contribution in [3.8, 4) is 0 Å². The van der Waals surface area contributed by atoms with Crippen LogP contribution in [0.2, 0.25) is 0 Å². The molecule has 0 fully saturated rings. The fourth-order valence-corrected chi connectivity index (χ4v) is 1.99. The predicted molar refractivity (Wildman–Crippen MR) is 76.5 cm³/mol. The number of nitrogens with one attached hydrogen (secondary N) is 1. The maximum Gasteiger partial charge on any atom is 0.0107 e. The summed E-state index contributed by atoms with van der Waals surface area (Å²) < 4.78 is 0. The number of thioether (sulfide) groups is 1. The van der Waals surface area contributed by atoms with Crippen molar-refractivity contribution in [2.75, 3.05) is 59.3 Å². The Balaban J connectivity index is 3.38. The second-order valence-electron chi connectivity index (χ2n) is 4.66. The molecule has 3 nitrogen and oxygen atoms in total. The Bertz CT molecular complexity index is 153. The quantitative estimate of drug-likeness (QED) is 0.585. The minimum atomic E-state index is 0.697. The molecule has 0 heterocycles. The smallest absolute Gasteiger partial charge is 0.0107 e. The highest BCUT2D eigenvalue weighted by molar-refractivity contribution is 7.98. The van der Waals surface area contributed by atoms with Gasteiger partial charge in [-0.1, -0.05) is 0 Å². The first-order valence-electron chi connectivity index (χ1n) is 6.12. The Morgan fingerprint density at radius 2 is 1.75 bits per heavy atom. The summed E-state index contributed by atoms with van der Waals surface area (Å²) in [6.45, 7) is 6.75. The van der Waals surface area contributed by atoms with E-state index in [1.54, 1.807) is 0 Å². The van der Waals surface area contributed by atoms with Crippen LogP contribution in [0.15, 0.2) is 0 Å². The average molecular weight is 247 g/mol. The summed E-state index contributed by atoms with van der Waals surface area (Å²) in [5.74, 6) is 1.26. The monoisotopic (exact) mass is 247 g/mol. The van der Waals surface area contributed by atoms with Crippen LogP contribution in [0.4, 0.5) is 0 Å². The summed E-state index contributed by atoms with van der Waals surface area (Å²) in [4.78, 5) is 4.65. The first kappa shape index (κ1) is 16.2. The minimum absolute atomic E-state index is 0.697. The second kappa shape index (κ2) is 10.4. The van der Waals surface area contributed by atoms with Gasteiger partial charge >= 0.3 is 0 Å². The van der Waals surface area contributed by atoms with E-state index in [1.807, 2.05) is 11.8 Å². The summed E-state index contributed by atoms with van der Waals surface area (Å²) in [6.07, 6.45) is 3.46. The molecule has 1 atom stereocenters. The van der Waals surface area contributed by atoms with Crippen LogP contribution in [0.5, 0.6) is 0 Å². The van der Waals surface area contributed by atoms with E-state index in [2.05, 4.69) is 49.4 Å². The van der Waals surface area contributed by atoms with Crippen LogP contribution in [-0.2, 0) is 0 Å². The van der Waals surface area contributed by atoms with E-state index in [1.165, 1.54) is 12.2 Å². The Morgan fingerprint density at radius 3 is 2.31 bits per heavy atom. The van der Waals surface area contributed by atoms with E-state index < -0.39 is 0 Å². The van der Waals surface area contributed by atoms with Gasteiger partial charge in [-0.2, -0.15) is 11.8 Å². The van der Waals surface area contributed by atoms with E-state index in [4.69, 9.17) is 0 Å². The lowest BCUT2D eigenvalue weighted by molar-refractivity contribution is 0.252. The van der Waals surface area contributed by atoms with Crippen LogP contribution in [0.1, 0.15) is 13.3 Å². The lowest BCUT2D eigenvalue weighted by Crippen LogP contribution is -2.37. The molecule has 0 saturated heterocycles. The van der Waals surface area contributed by atoms with Crippen LogP contribution in [-0.4, -0.2) is 75.2 Å². The number of likely N-dealkylation sites (N-methyl/N-ethyl adjacent to an activating group) is 2. The SMILES string of the molecule is CSCCC(C)N(C)CCNCCN(C)C. The standard InChI is InChI=1S/C12H29N3S/c1-12(6-11-16-5)15(4)10-8-13-7-9-14(2)3/h12-13H,6-11H2,1-5H3. The van der Waals surface area contributed by atoms with Crippen molar-refractivity contribution in [3.05, 3.63) is 0 Å². The molecule has 1 N–H and O–H groups in total. The molecule has 0 radical (unpaired) electrons. The minimum Gasteiger partial charge on any atom is -0.314 e. The molecule has 0 aromatic heterocycles. The van der Waals surface area contributed by atoms with Crippen LogP contribution >= 0.6 is 11.8 Å². The Labute approximate surface area is 106 Å². The fraction of sp³-hybridized carbons (Fsp3) is 1.00. The topological polar surface area (TPSA) is 18.5 Å². The first-order valence-corrected chi connectivity index (χ1v) is 7.52. The van der Waals surface area contributed by atoms with E-state index in [9.17, 15) is 0 Å². The molecule has 0 aromatic carbocycles. The van der Waals surface area contributed by atoms with E-state index in [-0.39, 0.29) is 0 Å². The van der Waals surface area contributed by atoms with Gasteiger partial charge in [0, 0.05) is 32.2 Å². The Kier molecular flexibility index (Phi) is 10.5. The Morgan fingerprint density at radius 1 is 1.12 bits per heavy atom. The third-order valence-corrected chi connectivity index (χ3v) is 3.51. The molecule has 0 aliphatic heterocycles. The average Bonchev–Trinajstić information content (AvgIpc) is 2.24. The lowest BCUT2D eigenvalue weighted by Gasteiger charge is -2.24. The fourth-order valence-electron chi connectivity index (χ4n) is 1.41. The number of hydrogen-bond donors (Lipinski definition) is 1. The van der Waals surface area contributed by atoms with Crippen molar-refractivity contribution in [1.82, 2.24) is 15.1 Å². The van der Waals surface area contributed by atoms with E-state index in [0.717, 1.165) is 26.2 Å². The zero-order chi connectivity index (χ0) is 12.4. The van der Waals surface area contributed by atoms with Gasteiger partial charge in [0.2, 0.25) is 0 Å². The zero-order valence-corrected chi connectivity index (χ0v) is 12.4. The molecule has 16 heavy (non-hydrogen) atoms. The van der Waals surface area contributed by atoms with Crippen LogP contribution in [0, 0.1) is 0 Å². The first-order chi connectivity index (χ1) is 7.57. The van der Waals surface area contributed by atoms with Crippen LogP contribution in [0.25, 0.3) is 0 Å². The van der Waals surface area contributed by atoms with Gasteiger partial charge in [-0.3, -0.25) is 0 Å². The highest BCUT2D eigenvalue weighted by atomic mass is 32.2. The molecular formula is C12H29N3S. The molecule has 0 aliphatic carbocycles. The normalized spacial score (nSPS) is 13.7. The molecule has 0 aliphatic rings. The van der Waals surface area contributed by atoms with Gasteiger partial charge in [0.15, 0.2) is 0 Å². The number of hydrogen-bond acceptors (Lipinski definition) is 4. The molecule has 98 valence electrons. The van der Waals surface area contributed by atoms with Crippen molar-refractivity contribution in [3.63, 3.8) is 0 Å². The van der Waals surface area contributed by atoms with Crippen molar-refractivity contribution in [2.24, 2.45) is 0 Å². The summed E-state index contributed by atoms with van der Waals surface area (Å²) in [5.41, 5.74) is 0. The summed E-state index contributed by atoms with van der Waals surface area (Å²) in [7, 11) is 6.44. The van der Waals surface area contributed by atoms with Gasteiger partial charge in [0.05, 0.1) is 0 Å². The third kappa shape index (κ3) is 9.46. The molecule has 1 unspecified atom stereocenters. The number of nitrogens with zero attached hydrogens (tertiary/aromatic N) is 2. The predicted octanol–water partition coefficient (Wildman–Crippen LogP) is 1.21. The molecule has 0 aromatic rings. The highest BCUT2D eigenvalue weighted by Crippen LogP contribution is 2.04. The van der Waals surface area contributed by atoms with Gasteiger partial charge in [-0.15, -0.1) is 0 Å². The Hall–Kier alpha value is 0.230. The zero-order valence-electron chi connectivity index (χ0n) is 11.6. The second-order valence-corrected chi connectivity index (χ2v) is 5.65. The summed E-state index contributed by atoms with van der Waals surface area (Å²) in [5, 5.41) is 3.47. The van der Waals surface area contributed by atoms with Crippen molar-refractivity contribution >= 4 is 11.8 Å². The summed E-state index contributed by atoms with van der Waals surface area (Å²) in [6, 6.07) is 0.697. The molecule has 0 amide bonds. The molecule has 0 rings (SSSR count).